The van der Waals surface area contributed by atoms with Crippen molar-refractivity contribution in [2.24, 2.45) is 0 Å². The second-order valence-corrected chi connectivity index (χ2v) is 15.3. The van der Waals surface area contributed by atoms with Crippen molar-refractivity contribution in [2.45, 2.75) is 0 Å². The van der Waals surface area contributed by atoms with Crippen molar-refractivity contribution >= 4 is 82.4 Å². The van der Waals surface area contributed by atoms with E-state index in [0.717, 1.165) is 44.7 Å². The molecule has 2 heterocycles. The van der Waals surface area contributed by atoms with Crippen LogP contribution in [0.5, 0.6) is 0 Å². The van der Waals surface area contributed by atoms with Crippen LogP contribution in [-0.4, -0.2) is 4.57 Å². The zero-order valence-electron chi connectivity index (χ0n) is 32.1. The van der Waals surface area contributed by atoms with Crippen LogP contribution in [0.3, 0.4) is 0 Å². The number of para-hydroxylation sites is 2. The molecular formula is C56H36N2O. The van der Waals surface area contributed by atoms with Crippen molar-refractivity contribution in [3.05, 3.63) is 218 Å². The van der Waals surface area contributed by atoms with Crippen LogP contribution in [0.1, 0.15) is 0 Å². The van der Waals surface area contributed by atoms with Crippen molar-refractivity contribution in [3.63, 3.8) is 0 Å². The lowest BCUT2D eigenvalue weighted by Crippen LogP contribution is -2.09. The average molecular weight is 753 g/mol. The average Bonchev–Trinajstić information content (AvgIpc) is 3.84. The molecule has 0 aliphatic carbocycles. The Morgan fingerprint density at radius 3 is 1.39 bits per heavy atom. The van der Waals surface area contributed by atoms with E-state index in [-0.39, 0.29) is 0 Å². The number of aromatic nitrogens is 1. The Morgan fingerprint density at radius 1 is 0.322 bits per heavy atom. The second kappa shape index (κ2) is 13.4. The monoisotopic (exact) mass is 752 g/mol. The maximum absolute atomic E-state index is 6.66. The van der Waals surface area contributed by atoms with Gasteiger partial charge in [0, 0.05) is 50.4 Å². The molecule has 0 spiro atoms. The minimum Gasteiger partial charge on any atom is -0.456 e. The molecule has 3 nitrogen and oxygen atoms in total. The van der Waals surface area contributed by atoms with Gasteiger partial charge < -0.3 is 13.9 Å². The van der Waals surface area contributed by atoms with Crippen LogP contribution in [0, 0.1) is 0 Å². The fourth-order valence-corrected chi connectivity index (χ4v) is 9.21. The third-order valence-corrected chi connectivity index (χ3v) is 12.0. The van der Waals surface area contributed by atoms with Crippen LogP contribution in [0.25, 0.3) is 93.2 Å². The van der Waals surface area contributed by atoms with Crippen LogP contribution in [0.4, 0.5) is 17.1 Å². The topological polar surface area (TPSA) is 21.3 Å². The maximum Gasteiger partial charge on any atom is 0.137 e. The molecule has 0 bridgehead atoms. The van der Waals surface area contributed by atoms with Crippen molar-refractivity contribution < 1.29 is 4.42 Å². The molecule has 0 N–H and O–H groups in total. The van der Waals surface area contributed by atoms with Crippen molar-refractivity contribution in [1.82, 2.24) is 4.57 Å². The van der Waals surface area contributed by atoms with Crippen LogP contribution in [-0.2, 0) is 0 Å². The highest BCUT2D eigenvalue weighted by Gasteiger charge is 2.18. The molecule has 0 unspecified atom stereocenters. The van der Waals surface area contributed by atoms with E-state index < -0.39 is 0 Å². The fraction of sp³-hybridized carbons (Fsp3) is 0. The molecule has 3 heteroatoms. The molecule has 0 fully saturated rings. The van der Waals surface area contributed by atoms with Crippen molar-refractivity contribution in [3.8, 4) is 27.9 Å². The van der Waals surface area contributed by atoms with Crippen LogP contribution in [0.2, 0.25) is 0 Å². The molecule has 0 amide bonds. The summed E-state index contributed by atoms with van der Waals surface area (Å²) in [6, 6.07) is 78.6. The maximum atomic E-state index is 6.66. The molecule has 0 aliphatic rings. The van der Waals surface area contributed by atoms with Gasteiger partial charge in [-0.25, -0.2) is 0 Å². The molecule has 0 saturated heterocycles. The van der Waals surface area contributed by atoms with Crippen molar-refractivity contribution in [2.75, 3.05) is 4.90 Å². The first-order valence-corrected chi connectivity index (χ1v) is 20.2. The molecule has 10 aromatic carbocycles. The second-order valence-electron chi connectivity index (χ2n) is 15.3. The predicted octanol–water partition coefficient (Wildman–Crippen LogP) is 15.8. The van der Waals surface area contributed by atoms with Crippen molar-refractivity contribution in [1.29, 1.82) is 0 Å². The van der Waals surface area contributed by atoms with Gasteiger partial charge in [0.15, 0.2) is 0 Å². The first kappa shape index (κ1) is 33.3. The Kier molecular flexibility index (Phi) is 7.54. The Balaban J connectivity index is 0.982. The Morgan fingerprint density at radius 2 is 0.814 bits per heavy atom. The Labute approximate surface area is 341 Å². The standard InChI is InChI=1S/C56H36N2O/c1-3-15-45-37(11-1)13-9-19-47(45)39-23-27-41(28-24-39)57(42-29-25-40(26-30-42)48-20-10-14-38-12-2-4-16-46(38)48)44-31-33-51-52-35-43(32-34-55(52)59-56(51)36-44)58-53-21-7-5-17-49(53)50-18-6-8-22-54(50)58/h1-36H. The summed E-state index contributed by atoms with van der Waals surface area (Å²) in [5, 5.41) is 9.66. The molecule has 12 aromatic rings. The molecule has 0 saturated carbocycles. The summed E-state index contributed by atoms with van der Waals surface area (Å²) in [4.78, 5) is 2.33. The van der Waals surface area contributed by atoms with Gasteiger partial charge in [-0.15, -0.1) is 0 Å². The number of rotatable bonds is 6. The zero-order valence-corrected chi connectivity index (χ0v) is 32.1. The van der Waals surface area contributed by atoms with E-state index in [1.807, 2.05) is 0 Å². The van der Waals surface area contributed by atoms with Gasteiger partial charge >= 0.3 is 0 Å². The van der Waals surface area contributed by atoms with Gasteiger partial charge in [0.1, 0.15) is 11.2 Å². The Hall–Kier alpha value is -7.88. The molecule has 276 valence electrons. The lowest BCUT2D eigenvalue weighted by molar-refractivity contribution is 0.669. The van der Waals surface area contributed by atoms with Gasteiger partial charge in [-0.1, -0.05) is 146 Å². The van der Waals surface area contributed by atoms with E-state index in [1.54, 1.807) is 0 Å². The first-order chi connectivity index (χ1) is 29.2. The van der Waals surface area contributed by atoms with E-state index >= 15 is 0 Å². The molecule has 2 aromatic heterocycles. The normalized spacial score (nSPS) is 11.7. The molecule has 0 atom stereocenters. The highest BCUT2D eigenvalue weighted by Crippen LogP contribution is 2.42. The lowest BCUT2D eigenvalue weighted by atomic mass is 9.97. The summed E-state index contributed by atoms with van der Waals surface area (Å²) >= 11 is 0. The number of furan rings is 1. The van der Waals surface area contributed by atoms with E-state index in [4.69, 9.17) is 4.42 Å². The summed E-state index contributed by atoms with van der Waals surface area (Å²) in [5.74, 6) is 0. The number of anilines is 3. The smallest absolute Gasteiger partial charge is 0.137 e. The lowest BCUT2D eigenvalue weighted by Gasteiger charge is -2.26. The summed E-state index contributed by atoms with van der Waals surface area (Å²) in [6.07, 6.45) is 0. The van der Waals surface area contributed by atoms with Gasteiger partial charge in [0.05, 0.1) is 11.0 Å². The summed E-state index contributed by atoms with van der Waals surface area (Å²) < 4.78 is 9.03. The summed E-state index contributed by atoms with van der Waals surface area (Å²) in [6.45, 7) is 0. The van der Waals surface area contributed by atoms with Gasteiger partial charge in [-0.3, -0.25) is 0 Å². The van der Waals surface area contributed by atoms with E-state index in [1.165, 1.54) is 65.6 Å². The zero-order chi connectivity index (χ0) is 38.9. The number of hydrogen-bond acceptors (Lipinski definition) is 2. The number of fused-ring (bicyclic) bond motifs is 8. The number of nitrogens with zero attached hydrogens (tertiary/aromatic N) is 2. The summed E-state index contributed by atoms with van der Waals surface area (Å²) in [5.41, 5.74) is 13.2. The number of hydrogen-bond donors (Lipinski definition) is 0. The molecular weight excluding hydrogens is 717 g/mol. The van der Waals surface area contributed by atoms with E-state index in [2.05, 4.69) is 228 Å². The third-order valence-electron chi connectivity index (χ3n) is 12.0. The molecule has 0 radical (unpaired) electrons. The fourth-order valence-electron chi connectivity index (χ4n) is 9.21. The van der Waals surface area contributed by atoms with Crippen LogP contribution >= 0.6 is 0 Å². The Bertz CT molecular complexity index is 3370. The van der Waals surface area contributed by atoms with Crippen LogP contribution in [0.15, 0.2) is 223 Å². The largest absolute Gasteiger partial charge is 0.456 e. The highest BCUT2D eigenvalue weighted by atomic mass is 16.3. The predicted molar refractivity (Wildman–Crippen MR) is 249 cm³/mol. The first-order valence-electron chi connectivity index (χ1n) is 20.2. The SMILES string of the molecule is c1ccc2c(-c3ccc(N(c4ccc(-c5cccc6ccccc56)cc4)c4ccc5c(c4)oc4ccc(-n6c7ccccc7c7ccccc76)cc45)cc3)cccc2c1. The third kappa shape index (κ3) is 5.44. The minimum atomic E-state index is 0.849. The number of benzene rings is 10. The van der Waals surface area contributed by atoms with Gasteiger partial charge in [-0.05, 0) is 111 Å². The quantitative estimate of drug-likeness (QED) is 0.169. The highest BCUT2D eigenvalue weighted by molar-refractivity contribution is 6.11. The van der Waals surface area contributed by atoms with Gasteiger partial charge in [0.2, 0.25) is 0 Å². The van der Waals surface area contributed by atoms with Crippen LogP contribution < -0.4 is 4.90 Å². The summed E-state index contributed by atoms with van der Waals surface area (Å²) in [7, 11) is 0. The minimum absolute atomic E-state index is 0.849. The molecule has 0 aliphatic heterocycles. The van der Waals surface area contributed by atoms with Gasteiger partial charge in [0.25, 0.3) is 0 Å². The van der Waals surface area contributed by atoms with E-state index in [9.17, 15) is 0 Å². The van der Waals surface area contributed by atoms with E-state index in [0.29, 0.717) is 0 Å². The van der Waals surface area contributed by atoms with Gasteiger partial charge in [-0.2, -0.15) is 0 Å². The molecule has 12 rings (SSSR count). The molecule has 59 heavy (non-hydrogen) atoms.